The number of thiol groups is 1. The molecule has 2 heterocycles. The number of benzene rings is 1. The number of nitrogens with zero attached hydrogens (tertiary/aromatic N) is 1. The lowest BCUT2D eigenvalue weighted by Gasteiger charge is -2.30. The highest BCUT2D eigenvalue weighted by molar-refractivity contribution is 7.80. The molecule has 0 spiro atoms. The van der Waals surface area contributed by atoms with Crippen molar-refractivity contribution in [2.24, 2.45) is 11.7 Å². The molecule has 4 unspecified atom stereocenters. The summed E-state index contributed by atoms with van der Waals surface area (Å²) < 4.78 is 0. The Balaban J connectivity index is 1.69. The topological polar surface area (TPSA) is 158 Å². The second-order valence-corrected chi connectivity index (χ2v) is 10.00. The molecule has 4 atom stereocenters. The Morgan fingerprint density at radius 1 is 1.19 bits per heavy atom. The minimum atomic E-state index is -1.19. The Morgan fingerprint density at radius 2 is 1.92 bits per heavy atom. The molecule has 6 N–H and O–H groups in total. The van der Waals surface area contributed by atoms with E-state index in [0.717, 1.165) is 16.5 Å². The first-order valence-corrected chi connectivity index (χ1v) is 12.8. The zero-order valence-electron chi connectivity index (χ0n) is 20.6. The third kappa shape index (κ3) is 6.58. The van der Waals surface area contributed by atoms with Gasteiger partial charge >= 0.3 is 5.97 Å². The molecule has 2 aromatic rings. The number of amides is 3. The number of carbonyl (C=O) groups excluding carboxylic acids is 3. The maximum Gasteiger partial charge on any atom is 0.327 e. The van der Waals surface area contributed by atoms with Crippen LogP contribution in [0.5, 0.6) is 0 Å². The maximum atomic E-state index is 13.5. The van der Waals surface area contributed by atoms with Crippen molar-refractivity contribution in [2.75, 3.05) is 12.3 Å². The zero-order valence-corrected chi connectivity index (χ0v) is 21.5. The second-order valence-electron chi connectivity index (χ2n) is 9.63. The van der Waals surface area contributed by atoms with Gasteiger partial charge in [0.2, 0.25) is 17.7 Å². The molecular formula is C25H35N5O5S. The predicted molar refractivity (Wildman–Crippen MR) is 140 cm³/mol. The SMILES string of the molecule is CC(C)CC(NC(=O)C(N)Cc1c[nH]c2ccccc12)C(=O)N1CCCC1C(=O)NC(CS)C(=O)O. The number of carbonyl (C=O) groups is 4. The summed E-state index contributed by atoms with van der Waals surface area (Å²) in [5, 5.41) is 15.5. The summed E-state index contributed by atoms with van der Waals surface area (Å²) in [6.45, 7) is 4.23. The molecule has 1 aliphatic heterocycles. The minimum absolute atomic E-state index is 0.0674. The number of hydrogen-bond donors (Lipinski definition) is 6. The standard InChI is InChI=1S/C25H35N5O5S/c1-14(2)10-19(24(33)30-9-5-8-21(30)23(32)29-20(13-36)25(34)35)28-22(31)17(26)11-15-12-27-18-7-4-3-6-16(15)18/h3-4,6-7,12,14,17,19-21,27,36H,5,8-11,13,26H2,1-2H3,(H,28,31)(H,29,32)(H,34,35). The number of carboxylic acids is 1. The molecule has 11 heteroatoms. The van der Waals surface area contributed by atoms with Crippen molar-refractivity contribution in [3.8, 4) is 0 Å². The zero-order chi connectivity index (χ0) is 26.4. The molecule has 1 aromatic heterocycles. The lowest BCUT2D eigenvalue weighted by Crippen LogP contribution is -2.57. The molecule has 3 amide bonds. The van der Waals surface area contributed by atoms with Gasteiger partial charge in [0.05, 0.1) is 6.04 Å². The summed E-state index contributed by atoms with van der Waals surface area (Å²) in [5.41, 5.74) is 8.09. The number of nitrogens with two attached hydrogens (primary N) is 1. The molecular weight excluding hydrogens is 482 g/mol. The first-order chi connectivity index (χ1) is 17.1. The van der Waals surface area contributed by atoms with Gasteiger partial charge in [-0.15, -0.1) is 0 Å². The molecule has 196 valence electrons. The van der Waals surface area contributed by atoms with Gasteiger partial charge in [-0.3, -0.25) is 14.4 Å². The summed E-state index contributed by atoms with van der Waals surface area (Å²) in [7, 11) is 0. The fourth-order valence-electron chi connectivity index (χ4n) is 4.56. The quantitative estimate of drug-likeness (QED) is 0.245. The smallest absolute Gasteiger partial charge is 0.327 e. The van der Waals surface area contributed by atoms with Crippen LogP contribution in [-0.2, 0) is 25.6 Å². The average Bonchev–Trinajstić information content (AvgIpc) is 3.48. The third-order valence-electron chi connectivity index (χ3n) is 6.41. The number of fused-ring (bicyclic) bond motifs is 1. The van der Waals surface area contributed by atoms with E-state index in [1.807, 2.05) is 44.3 Å². The number of aromatic nitrogens is 1. The fourth-order valence-corrected chi connectivity index (χ4v) is 4.81. The first-order valence-electron chi connectivity index (χ1n) is 12.2. The molecule has 0 radical (unpaired) electrons. The normalized spacial score (nSPS) is 18.1. The minimum Gasteiger partial charge on any atom is -0.480 e. The number of hydrogen-bond acceptors (Lipinski definition) is 6. The van der Waals surface area contributed by atoms with E-state index in [-0.39, 0.29) is 17.6 Å². The first kappa shape index (κ1) is 27.5. The summed E-state index contributed by atoms with van der Waals surface area (Å²) in [6, 6.07) is 4.08. The van der Waals surface area contributed by atoms with Crippen molar-refractivity contribution >= 4 is 47.2 Å². The highest BCUT2D eigenvalue weighted by Gasteiger charge is 2.39. The Morgan fingerprint density at radius 3 is 2.58 bits per heavy atom. The van der Waals surface area contributed by atoms with E-state index in [0.29, 0.717) is 32.2 Å². The molecule has 1 fully saturated rings. The van der Waals surface area contributed by atoms with Crippen molar-refractivity contribution in [2.45, 2.75) is 63.7 Å². The van der Waals surface area contributed by atoms with Crippen LogP contribution in [0.2, 0.25) is 0 Å². The number of aromatic amines is 1. The van der Waals surface area contributed by atoms with E-state index in [1.54, 1.807) is 0 Å². The number of likely N-dealkylation sites (tertiary alicyclic amines) is 1. The van der Waals surface area contributed by atoms with Crippen molar-refractivity contribution in [1.29, 1.82) is 0 Å². The van der Waals surface area contributed by atoms with E-state index in [1.165, 1.54) is 4.90 Å². The van der Waals surface area contributed by atoms with Crippen molar-refractivity contribution < 1.29 is 24.3 Å². The number of para-hydroxylation sites is 1. The van der Waals surface area contributed by atoms with Crippen LogP contribution in [0.4, 0.5) is 0 Å². The number of carboxylic acid groups (broad SMARTS) is 1. The largest absolute Gasteiger partial charge is 0.480 e. The van der Waals surface area contributed by atoms with Gasteiger partial charge in [0.25, 0.3) is 0 Å². The summed E-state index contributed by atoms with van der Waals surface area (Å²) in [6.07, 6.45) is 3.53. The van der Waals surface area contributed by atoms with E-state index in [2.05, 4.69) is 28.2 Å². The molecule has 1 aliphatic rings. The van der Waals surface area contributed by atoms with Crippen LogP contribution >= 0.6 is 12.6 Å². The second kappa shape index (κ2) is 12.3. The molecule has 3 rings (SSSR count). The van der Waals surface area contributed by atoms with Gasteiger partial charge in [-0.25, -0.2) is 4.79 Å². The van der Waals surface area contributed by atoms with Crippen molar-refractivity contribution in [1.82, 2.24) is 20.5 Å². The lowest BCUT2D eigenvalue weighted by atomic mass is 10.0. The van der Waals surface area contributed by atoms with Crippen LogP contribution in [0.3, 0.4) is 0 Å². The van der Waals surface area contributed by atoms with Gasteiger partial charge in [0, 0.05) is 29.4 Å². The predicted octanol–water partition coefficient (Wildman–Crippen LogP) is 1.06. The van der Waals surface area contributed by atoms with Crippen LogP contribution in [0.15, 0.2) is 30.5 Å². The van der Waals surface area contributed by atoms with Gasteiger partial charge in [-0.05, 0) is 43.2 Å². The fraction of sp³-hybridized carbons (Fsp3) is 0.520. The van der Waals surface area contributed by atoms with E-state index in [4.69, 9.17) is 5.73 Å². The third-order valence-corrected chi connectivity index (χ3v) is 6.77. The number of nitrogens with one attached hydrogen (secondary N) is 3. The molecule has 36 heavy (non-hydrogen) atoms. The number of rotatable bonds is 11. The lowest BCUT2D eigenvalue weighted by molar-refractivity contribution is -0.144. The molecule has 0 bridgehead atoms. The van der Waals surface area contributed by atoms with Gasteiger partial charge in [-0.1, -0.05) is 32.0 Å². The highest BCUT2D eigenvalue weighted by Crippen LogP contribution is 2.22. The van der Waals surface area contributed by atoms with Crippen molar-refractivity contribution in [3.63, 3.8) is 0 Å². The van der Waals surface area contributed by atoms with Crippen LogP contribution in [0, 0.1) is 5.92 Å². The van der Waals surface area contributed by atoms with Crippen LogP contribution < -0.4 is 16.4 Å². The van der Waals surface area contributed by atoms with Gasteiger partial charge in [-0.2, -0.15) is 12.6 Å². The Labute approximate surface area is 215 Å². The van der Waals surface area contributed by atoms with Gasteiger partial charge < -0.3 is 31.4 Å². The maximum absolute atomic E-state index is 13.5. The van der Waals surface area contributed by atoms with Gasteiger partial charge in [0.1, 0.15) is 18.1 Å². The molecule has 0 aliphatic carbocycles. The number of H-pyrrole nitrogens is 1. The molecule has 1 saturated heterocycles. The van der Waals surface area contributed by atoms with E-state index >= 15 is 0 Å². The highest BCUT2D eigenvalue weighted by atomic mass is 32.1. The molecule has 1 aromatic carbocycles. The Hall–Kier alpha value is -3.05. The van der Waals surface area contributed by atoms with E-state index in [9.17, 15) is 24.3 Å². The Kier molecular flexibility index (Phi) is 9.38. The number of aliphatic carboxylic acids is 1. The summed E-state index contributed by atoms with van der Waals surface area (Å²) >= 11 is 3.98. The van der Waals surface area contributed by atoms with Gasteiger partial charge in [0.15, 0.2) is 0 Å². The summed E-state index contributed by atoms with van der Waals surface area (Å²) in [5.74, 6) is -2.51. The Bertz CT molecular complexity index is 1100. The van der Waals surface area contributed by atoms with Crippen LogP contribution in [-0.4, -0.2) is 75.1 Å². The molecule has 0 saturated carbocycles. The summed E-state index contributed by atoms with van der Waals surface area (Å²) in [4.78, 5) is 55.2. The van der Waals surface area contributed by atoms with Crippen LogP contribution in [0.1, 0.15) is 38.7 Å². The van der Waals surface area contributed by atoms with E-state index < -0.39 is 42.0 Å². The van der Waals surface area contributed by atoms with Crippen LogP contribution in [0.25, 0.3) is 10.9 Å². The monoisotopic (exact) mass is 517 g/mol. The average molecular weight is 518 g/mol. The van der Waals surface area contributed by atoms with Crippen molar-refractivity contribution in [3.05, 3.63) is 36.0 Å². The molecule has 10 nitrogen and oxygen atoms in total.